The molecule has 1 heterocycles. The summed E-state index contributed by atoms with van der Waals surface area (Å²) in [5.74, 6) is -0.450. The summed E-state index contributed by atoms with van der Waals surface area (Å²) in [7, 11) is -3.71. The van der Waals surface area contributed by atoms with Crippen molar-refractivity contribution in [1.82, 2.24) is 4.72 Å². The molecule has 0 aromatic heterocycles. The van der Waals surface area contributed by atoms with Gasteiger partial charge in [-0.25, -0.2) is 13.1 Å². The van der Waals surface area contributed by atoms with Crippen molar-refractivity contribution in [3.63, 3.8) is 0 Å². The number of likely N-dealkylation sites (tertiary alicyclic amines) is 1. The van der Waals surface area contributed by atoms with Crippen LogP contribution in [0.25, 0.3) is 0 Å². The fourth-order valence-electron chi connectivity index (χ4n) is 2.57. The molecule has 5 nitrogen and oxygen atoms in total. The van der Waals surface area contributed by atoms with Crippen LogP contribution in [0.5, 0.6) is 5.75 Å². The largest absolute Gasteiger partial charge is 0.573 e. The van der Waals surface area contributed by atoms with Crippen molar-refractivity contribution in [1.29, 1.82) is 0 Å². The summed E-state index contributed by atoms with van der Waals surface area (Å²) in [5.41, 5.74) is 0. The lowest BCUT2D eigenvalue weighted by Crippen LogP contribution is -3.10. The standard InChI is InChI=1S/C14H19F3N2O3S/c15-14(16,17)22-12-4-6-13(7-5-12)23(20,21)18-8-3-11-19-9-1-2-10-19/h4-7,18H,1-3,8-11H2/p+1. The predicted octanol–water partition coefficient (Wildman–Crippen LogP) is 0.932. The van der Waals surface area contributed by atoms with Crippen LogP contribution in [-0.4, -0.2) is 41.0 Å². The van der Waals surface area contributed by atoms with Crippen molar-refractivity contribution in [2.75, 3.05) is 26.2 Å². The molecule has 1 saturated heterocycles. The number of halogens is 3. The molecule has 0 atom stereocenters. The Kier molecular flexibility index (Phi) is 5.88. The third-order valence-electron chi connectivity index (χ3n) is 3.68. The van der Waals surface area contributed by atoms with Crippen LogP contribution in [0.2, 0.25) is 0 Å². The van der Waals surface area contributed by atoms with Gasteiger partial charge in [-0.15, -0.1) is 13.2 Å². The highest BCUT2D eigenvalue weighted by atomic mass is 32.2. The van der Waals surface area contributed by atoms with E-state index < -0.39 is 22.1 Å². The molecule has 0 saturated carbocycles. The Hall–Kier alpha value is -1.32. The molecule has 2 rings (SSSR count). The molecule has 0 radical (unpaired) electrons. The van der Waals surface area contributed by atoms with Gasteiger partial charge in [0.05, 0.1) is 24.5 Å². The van der Waals surface area contributed by atoms with E-state index in [1.54, 1.807) is 0 Å². The average molecular weight is 353 g/mol. The molecule has 0 amide bonds. The Bertz CT molecular complexity index is 597. The number of benzene rings is 1. The first kappa shape index (κ1) is 18.0. The Morgan fingerprint density at radius 2 is 1.74 bits per heavy atom. The highest BCUT2D eigenvalue weighted by Crippen LogP contribution is 2.23. The molecular weight excluding hydrogens is 333 g/mol. The highest BCUT2D eigenvalue weighted by Gasteiger charge is 2.31. The minimum absolute atomic E-state index is 0.0828. The zero-order valence-electron chi connectivity index (χ0n) is 12.5. The lowest BCUT2D eigenvalue weighted by Gasteiger charge is -2.12. The van der Waals surface area contributed by atoms with Crippen molar-refractivity contribution in [3.8, 4) is 5.75 Å². The predicted molar refractivity (Wildman–Crippen MR) is 77.7 cm³/mol. The molecule has 2 N–H and O–H groups in total. The fraction of sp³-hybridized carbons (Fsp3) is 0.571. The minimum Gasteiger partial charge on any atom is -0.406 e. The van der Waals surface area contributed by atoms with Gasteiger partial charge in [-0.05, 0) is 24.3 Å². The topological polar surface area (TPSA) is 59.8 Å². The number of alkyl halides is 3. The van der Waals surface area contributed by atoms with Crippen LogP contribution >= 0.6 is 0 Å². The summed E-state index contributed by atoms with van der Waals surface area (Å²) in [5, 5.41) is 0. The van der Waals surface area contributed by atoms with Crippen LogP contribution in [-0.2, 0) is 10.0 Å². The van der Waals surface area contributed by atoms with E-state index in [0.717, 1.165) is 50.3 Å². The number of ether oxygens (including phenoxy) is 1. The average Bonchev–Trinajstić information content (AvgIpc) is 2.96. The van der Waals surface area contributed by atoms with Gasteiger partial charge >= 0.3 is 6.36 Å². The molecule has 1 aromatic rings. The Labute approximate surface area is 133 Å². The quantitative estimate of drug-likeness (QED) is 0.717. The molecule has 0 spiro atoms. The molecule has 23 heavy (non-hydrogen) atoms. The summed E-state index contributed by atoms with van der Waals surface area (Å²) in [6, 6.07) is 4.15. The monoisotopic (exact) mass is 353 g/mol. The summed E-state index contributed by atoms with van der Waals surface area (Å²) >= 11 is 0. The van der Waals surface area contributed by atoms with Gasteiger partial charge in [0.25, 0.3) is 0 Å². The van der Waals surface area contributed by atoms with Gasteiger partial charge in [-0.1, -0.05) is 0 Å². The van der Waals surface area contributed by atoms with Crippen molar-refractivity contribution in [2.45, 2.75) is 30.5 Å². The first-order valence-electron chi connectivity index (χ1n) is 7.45. The van der Waals surface area contributed by atoms with Gasteiger partial charge in [-0.3, -0.25) is 0 Å². The molecule has 9 heteroatoms. The highest BCUT2D eigenvalue weighted by molar-refractivity contribution is 7.89. The Morgan fingerprint density at radius 1 is 1.13 bits per heavy atom. The summed E-state index contributed by atoms with van der Waals surface area (Å²) in [6.07, 6.45) is -1.64. The molecule has 0 unspecified atom stereocenters. The summed E-state index contributed by atoms with van der Waals surface area (Å²) in [4.78, 5) is 1.40. The van der Waals surface area contributed by atoms with Crippen LogP contribution in [0.4, 0.5) is 13.2 Å². The van der Waals surface area contributed by atoms with E-state index in [1.807, 2.05) is 0 Å². The van der Waals surface area contributed by atoms with E-state index in [2.05, 4.69) is 9.46 Å². The number of sulfonamides is 1. The third kappa shape index (κ3) is 6.00. The molecule has 1 fully saturated rings. The molecule has 0 aliphatic carbocycles. The van der Waals surface area contributed by atoms with Gasteiger partial charge in [-0.2, -0.15) is 0 Å². The second-order valence-corrected chi connectivity index (χ2v) is 7.24. The van der Waals surface area contributed by atoms with Gasteiger partial charge in [0.15, 0.2) is 0 Å². The molecular formula is C14H20F3N2O3S+. The zero-order valence-corrected chi connectivity index (χ0v) is 13.3. The fourth-order valence-corrected chi connectivity index (χ4v) is 3.65. The number of hydrogen-bond acceptors (Lipinski definition) is 3. The van der Waals surface area contributed by atoms with Crippen LogP contribution in [0.3, 0.4) is 0 Å². The van der Waals surface area contributed by atoms with Crippen molar-refractivity contribution in [2.24, 2.45) is 0 Å². The maximum atomic E-state index is 12.1. The van der Waals surface area contributed by atoms with Gasteiger partial charge < -0.3 is 9.64 Å². The molecule has 0 bridgehead atoms. The SMILES string of the molecule is O=S(=O)(NCCC[NH+]1CCCC1)c1ccc(OC(F)(F)F)cc1. The van der Waals surface area contributed by atoms with E-state index in [1.165, 1.54) is 17.7 Å². The molecule has 130 valence electrons. The van der Waals surface area contributed by atoms with E-state index in [0.29, 0.717) is 6.54 Å². The maximum absolute atomic E-state index is 12.1. The van der Waals surface area contributed by atoms with E-state index in [-0.39, 0.29) is 4.90 Å². The maximum Gasteiger partial charge on any atom is 0.573 e. The molecule has 1 aromatic carbocycles. The van der Waals surface area contributed by atoms with Crippen LogP contribution in [0.15, 0.2) is 29.2 Å². The number of rotatable bonds is 7. The smallest absolute Gasteiger partial charge is 0.406 e. The third-order valence-corrected chi connectivity index (χ3v) is 5.15. The van der Waals surface area contributed by atoms with E-state index in [4.69, 9.17) is 0 Å². The van der Waals surface area contributed by atoms with Crippen LogP contribution in [0.1, 0.15) is 19.3 Å². The normalized spacial score (nSPS) is 16.7. The lowest BCUT2D eigenvalue weighted by molar-refractivity contribution is -0.887. The molecule has 1 aliphatic heterocycles. The van der Waals surface area contributed by atoms with Gasteiger partial charge in [0.1, 0.15) is 5.75 Å². The van der Waals surface area contributed by atoms with Gasteiger partial charge in [0.2, 0.25) is 10.0 Å². The second-order valence-electron chi connectivity index (χ2n) is 5.48. The number of quaternary nitrogens is 1. The summed E-state index contributed by atoms with van der Waals surface area (Å²) < 4.78 is 66.4. The first-order chi connectivity index (χ1) is 10.8. The Morgan fingerprint density at radius 3 is 2.30 bits per heavy atom. The second kappa shape index (κ2) is 7.50. The minimum atomic E-state index is -4.80. The van der Waals surface area contributed by atoms with E-state index >= 15 is 0 Å². The van der Waals surface area contributed by atoms with Crippen molar-refractivity contribution in [3.05, 3.63) is 24.3 Å². The Balaban J connectivity index is 1.83. The lowest BCUT2D eigenvalue weighted by atomic mass is 10.3. The zero-order chi connectivity index (χ0) is 16.9. The van der Waals surface area contributed by atoms with Crippen LogP contribution < -0.4 is 14.4 Å². The number of hydrogen-bond donors (Lipinski definition) is 2. The van der Waals surface area contributed by atoms with E-state index in [9.17, 15) is 21.6 Å². The van der Waals surface area contributed by atoms with Crippen LogP contribution in [0, 0.1) is 0 Å². The summed E-state index contributed by atoms with van der Waals surface area (Å²) in [6.45, 7) is 3.49. The van der Waals surface area contributed by atoms with Crippen molar-refractivity contribution >= 4 is 10.0 Å². The van der Waals surface area contributed by atoms with Gasteiger partial charge in [0, 0.05) is 25.8 Å². The molecule has 1 aliphatic rings. The number of nitrogens with one attached hydrogen (secondary N) is 2. The van der Waals surface area contributed by atoms with Crippen molar-refractivity contribution < 1.29 is 31.2 Å². The first-order valence-corrected chi connectivity index (χ1v) is 8.94.